The predicted molar refractivity (Wildman–Crippen MR) is 64.1 cm³/mol. The van der Waals surface area contributed by atoms with Crippen LogP contribution in [0.2, 0.25) is 5.02 Å². The van der Waals surface area contributed by atoms with Gasteiger partial charge in [-0.15, -0.1) is 0 Å². The van der Waals surface area contributed by atoms with Gasteiger partial charge in [0.15, 0.2) is 11.5 Å². The molecule has 1 fully saturated rings. The highest BCUT2D eigenvalue weighted by molar-refractivity contribution is 6.34. The lowest BCUT2D eigenvalue weighted by Gasteiger charge is -2.24. The monoisotopic (exact) mass is 255 g/mol. The first-order chi connectivity index (χ1) is 8.15. The molecule has 1 aromatic carbocycles. The van der Waals surface area contributed by atoms with Crippen molar-refractivity contribution in [2.75, 3.05) is 20.3 Å². The summed E-state index contributed by atoms with van der Waals surface area (Å²) in [5.41, 5.74) is 6.81. The Balaban J connectivity index is 2.18. The van der Waals surface area contributed by atoms with Gasteiger partial charge in [0.1, 0.15) is 24.0 Å². The Morgan fingerprint density at radius 1 is 1.35 bits per heavy atom. The minimum Gasteiger partial charge on any atom is -0.495 e. The van der Waals surface area contributed by atoms with Crippen molar-refractivity contribution in [3.05, 3.63) is 16.7 Å². The van der Waals surface area contributed by atoms with Crippen LogP contribution in [-0.2, 0) is 5.54 Å². The third kappa shape index (κ3) is 1.63. The largest absolute Gasteiger partial charge is 0.495 e. The van der Waals surface area contributed by atoms with E-state index in [9.17, 15) is 0 Å². The number of halogens is 1. The molecule has 0 saturated heterocycles. The van der Waals surface area contributed by atoms with Crippen molar-refractivity contribution < 1.29 is 14.2 Å². The molecule has 0 unspecified atom stereocenters. The van der Waals surface area contributed by atoms with Crippen molar-refractivity contribution in [1.29, 1.82) is 0 Å². The van der Waals surface area contributed by atoms with Crippen molar-refractivity contribution >= 4 is 11.6 Å². The Bertz CT molecular complexity index is 471. The van der Waals surface area contributed by atoms with E-state index < -0.39 is 0 Å². The van der Waals surface area contributed by atoms with Gasteiger partial charge in [-0.05, 0) is 18.9 Å². The molecular formula is C12H14ClNO3. The summed E-state index contributed by atoms with van der Waals surface area (Å²) in [5.74, 6) is 1.83. The number of methoxy groups -OCH3 is 1. The van der Waals surface area contributed by atoms with Crippen LogP contribution in [0.1, 0.15) is 18.4 Å². The second-order valence-electron chi connectivity index (χ2n) is 4.45. The number of ether oxygens (including phenoxy) is 3. The first-order valence-electron chi connectivity index (χ1n) is 5.61. The lowest BCUT2D eigenvalue weighted by Crippen LogP contribution is -2.22. The molecule has 5 heteroatoms. The van der Waals surface area contributed by atoms with Gasteiger partial charge in [-0.1, -0.05) is 11.6 Å². The summed E-state index contributed by atoms with van der Waals surface area (Å²) < 4.78 is 16.4. The Hall–Kier alpha value is -1.13. The van der Waals surface area contributed by atoms with Crippen molar-refractivity contribution in [3.63, 3.8) is 0 Å². The van der Waals surface area contributed by atoms with Gasteiger partial charge < -0.3 is 19.9 Å². The summed E-state index contributed by atoms with van der Waals surface area (Å²) in [7, 11) is 1.59. The van der Waals surface area contributed by atoms with E-state index in [1.807, 2.05) is 6.07 Å². The average Bonchev–Trinajstić information content (AvgIpc) is 3.08. The van der Waals surface area contributed by atoms with Crippen LogP contribution in [0.25, 0.3) is 0 Å². The molecule has 1 aliphatic carbocycles. The fourth-order valence-electron chi connectivity index (χ4n) is 2.10. The molecule has 0 spiro atoms. The summed E-state index contributed by atoms with van der Waals surface area (Å²) in [6.07, 6.45) is 1.89. The van der Waals surface area contributed by atoms with Gasteiger partial charge in [-0.25, -0.2) is 0 Å². The number of hydrogen-bond donors (Lipinski definition) is 1. The quantitative estimate of drug-likeness (QED) is 0.879. The highest BCUT2D eigenvalue weighted by atomic mass is 35.5. The Labute approximate surface area is 105 Å². The number of rotatable bonds is 2. The van der Waals surface area contributed by atoms with Crippen LogP contribution in [0, 0.1) is 0 Å². The minimum atomic E-state index is -0.315. The van der Waals surface area contributed by atoms with E-state index in [4.69, 9.17) is 31.5 Å². The molecule has 0 amide bonds. The molecule has 92 valence electrons. The fourth-order valence-corrected chi connectivity index (χ4v) is 2.43. The molecule has 0 bridgehead atoms. The summed E-state index contributed by atoms with van der Waals surface area (Å²) in [4.78, 5) is 0. The highest BCUT2D eigenvalue weighted by Crippen LogP contribution is 2.53. The molecule has 1 heterocycles. The fraction of sp³-hybridized carbons (Fsp3) is 0.500. The topological polar surface area (TPSA) is 53.7 Å². The van der Waals surface area contributed by atoms with Gasteiger partial charge in [-0.3, -0.25) is 0 Å². The molecular weight excluding hydrogens is 242 g/mol. The third-order valence-electron chi connectivity index (χ3n) is 3.26. The standard InChI is InChI=1S/C12H14ClNO3/c1-15-10-7(12(14)2-3-12)6-8-11(9(10)13)17-5-4-16-8/h6H,2-5,14H2,1H3. The van der Waals surface area contributed by atoms with Gasteiger partial charge in [0.05, 0.1) is 7.11 Å². The molecule has 0 aromatic heterocycles. The van der Waals surface area contributed by atoms with Crippen LogP contribution in [0.15, 0.2) is 6.07 Å². The molecule has 1 saturated carbocycles. The molecule has 2 N–H and O–H groups in total. The lowest BCUT2D eigenvalue weighted by molar-refractivity contribution is 0.170. The SMILES string of the molecule is COc1c(C2(N)CC2)cc2c(c1Cl)OCCO2. The molecule has 3 rings (SSSR count). The number of fused-ring (bicyclic) bond motifs is 1. The summed E-state index contributed by atoms with van der Waals surface area (Å²) in [6.45, 7) is 1.04. The van der Waals surface area contributed by atoms with Crippen LogP contribution in [0.4, 0.5) is 0 Å². The maximum Gasteiger partial charge on any atom is 0.183 e. The second kappa shape index (κ2) is 3.68. The maximum atomic E-state index is 6.28. The minimum absolute atomic E-state index is 0.315. The Morgan fingerprint density at radius 3 is 2.71 bits per heavy atom. The lowest BCUT2D eigenvalue weighted by atomic mass is 10.0. The van der Waals surface area contributed by atoms with Crippen molar-refractivity contribution in [2.45, 2.75) is 18.4 Å². The number of nitrogens with two attached hydrogens (primary N) is 1. The molecule has 0 radical (unpaired) electrons. The molecule has 1 aliphatic heterocycles. The Kier molecular flexibility index (Phi) is 2.38. The molecule has 2 aliphatic rings. The van der Waals surface area contributed by atoms with Crippen LogP contribution < -0.4 is 19.9 Å². The number of hydrogen-bond acceptors (Lipinski definition) is 4. The molecule has 17 heavy (non-hydrogen) atoms. The first-order valence-corrected chi connectivity index (χ1v) is 5.99. The van der Waals surface area contributed by atoms with Crippen molar-refractivity contribution in [1.82, 2.24) is 0 Å². The summed E-state index contributed by atoms with van der Waals surface area (Å²) in [6, 6.07) is 1.90. The zero-order chi connectivity index (χ0) is 12.0. The predicted octanol–water partition coefficient (Wildman–Crippen LogP) is 2.07. The van der Waals surface area contributed by atoms with E-state index in [2.05, 4.69) is 0 Å². The van der Waals surface area contributed by atoms with Gasteiger partial charge in [-0.2, -0.15) is 0 Å². The second-order valence-corrected chi connectivity index (χ2v) is 4.83. The van der Waals surface area contributed by atoms with Gasteiger partial charge in [0, 0.05) is 11.1 Å². The van der Waals surface area contributed by atoms with Crippen molar-refractivity contribution in [3.8, 4) is 17.2 Å². The van der Waals surface area contributed by atoms with E-state index in [0.29, 0.717) is 35.5 Å². The molecule has 4 nitrogen and oxygen atoms in total. The van der Waals surface area contributed by atoms with Gasteiger partial charge in [0.25, 0.3) is 0 Å². The van der Waals surface area contributed by atoms with E-state index in [1.54, 1.807) is 7.11 Å². The van der Waals surface area contributed by atoms with Crippen LogP contribution in [0.5, 0.6) is 17.2 Å². The Morgan fingerprint density at radius 2 is 2.06 bits per heavy atom. The van der Waals surface area contributed by atoms with Gasteiger partial charge in [0.2, 0.25) is 0 Å². The zero-order valence-electron chi connectivity index (χ0n) is 9.59. The van der Waals surface area contributed by atoms with E-state index in [0.717, 1.165) is 18.4 Å². The summed E-state index contributed by atoms with van der Waals surface area (Å²) >= 11 is 6.28. The van der Waals surface area contributed by atoms with E-state index in [-0.39, 0.29) is 5.54 Å². The zero-order valence-corrected chi connectivity index (χ0v) is 10.3. The van der Waals surface area contributed by atoms with Gasteiger partial charge >= 0.3 is 0 Å². The van der Waals surface area contributed by atoms with E-state index in [1.165, 1.54) is 0 Å². The summed E-state index contributed by atoms with van der Waals surface area (Å²) in [5, 5.41) is 0.455. The number of benzene rings is 1. The molecule has 0 atom stereocenters. The third-order valence-corrected chi connectivity index (χ3v) is 3.60. The van der Waals surface area contributed by atoms with Crippen LogP contribution >= 0.6 is 11.6 Å². The smallest absolute Gasteiger partial charge is 0.183 e. The average molecular weight is 256 g/mol. The van der Waals surface area contributed by atoms with Crippen molar-refractivity contribution in [2.24, 2.45) is 5.73 Å². The first kappa shape index (κ1) is 11.0. The molecule has 1 aromatic rings. The van der Waals surface area contributed by atoms with E-state index >= 15 is 0 Å². The normalized spacial score (nSPS) is 19.9. The maximum absolute atomic E-state index is 6.28. The van der Waals surface area contributed by atoms with Crippen LogP contribution in [0.3, 0.4) is 0 Å². The highest BCUT2D eigenvalue weighted by Gasteiger charge is 2.44. The van der Waals surface area contributed by atoms with Crippen LogP contribution in [-0.4, -0.2) is 20.3 Å².